The monoisotopic (exact) mass is 379 g/mol. The van der Waals surface area contributed by atoms with Gasteiger partial charge in [0.05, 0.1) is 23.6 Å². The molecule has 2 radical (unpaired) electrons. The van der Waals surface area contributed by atoms with E-state index in [0.717, 1.165) is 0 Å². The summed E-state index contributed by atoms with van der Waals surface area (Å²) in [5, 5.41) is 9.28. The molecule has 3 N–H and O–H groups in total. The van der Waals surface area contributed by atoms with Crippen molar-refractivity contribution in [3.8, 4) is 6.07 Å². The molecule has 3 heterocycles. The number of aromatic amines is 1. The van der Waals surface area contributed by atoms with E-state index in [1.54, 1.807) is 11.2 Å². The quantitative estimate of drug-likeness (QED) is 0.760. The van der Waals surface area contributed by atoms with E-state index in [1.165, 1.54) is 6.92 Å². The van der Waals surface area contributed by atoms with Crippen LogP contribution >= 0.6 is 15.9 Å². The van der Waals surface area contributed by atoms with Crippen molar-refractivity contribution < 1.29 is 14.3 Å². The summed E-state index contributed by atoms with van der Waals surface area (Å²) in [6, 6.07) is 2.11. The topological polar surface area (TPSA) is 117 Å². The van der Waals surface area contributed by atoms with Gasteiger partial charge in [-0.25, -0.2) is 0 Å². The number of carbonyl (C=O) groups excluding carboxylic acids is 1. The SMILES string of the molecule is CC(=O)OC[C@@H]1[CH][CH][C@@H](N2C=N[C@H](N)c3c2[nH]c(Br)c3C#N)O1. The molecule has 0 spiro atoms. The standard InChI is InChI=1S/C14H14BrN5O3/c1-7(21)22-5-8-2-3-10(23-8)20-6-18-13(17)11-9(4-16)12(15)19-14(11)20/h2-3,6,8,10,13,19H,5,17H2,1H3/t8-,10-,13-/m0/s1. The molecule has 23 heavy (non-hydrogen) atoms. The molecule has 3 rings (SSSR count). The first-order valence-corrected chi connectivity index (χ1v) is 7.66. The Labute approximate surface area is 141 Å². The lowest BCUT2D eigenvalue weighted by atomic mass is 10.1. The minimum atomic E-state index is -0.610. The number of nitrogens with zero attached hydrogens (tertiary/aromatic N) is 3. The second kappa shape index (κ2) is 6.31. The number of carbonyl (C=O) groups is 1. The molecule has 0 aromatic carbocycles. The first kappa shape index (κ1) is 16.0. The van der Waals surface area contributed by atoms with Crippen LogP contribution in [-0.2, 0) is 14.3 Å². The zero-order valence-electron chi connectivity index (χ0n) is 12.2. The third-order valence-corrected chi connectivity index (χ3v) is 4.11. The summed E-state index contributed by atoms with van der Waals surface area (Å²) in [7, 11) is 0. The highest BCUT2D eigenvalue weighted by atomic mass is 79.9. The number of esters is 1. The Bertz CT molecular complexity index is 695. The van der Waals surface area contributed by atoms with Crippen LogP contribution in [0.2, 0.25) is 0 Å². The van der Waals surface area contributed by atoms with Crippen LogP contribution in [0.3, 0.4) is 0 Å². The number of ether oxygens (including phenoxy) is 2. The average molecular weight is 380 g/mol. The molecule has 2 aliphatic heterocycles. The Morgan fingerprint density at radius 3 is 3.13 bits per heavy atom. The van der Waals surface area contributed by atoms with Gasteiger partial charge in [-0.2, -0.15) is 5.26 Å². The van der Waals surface area contributed by atoms with E-state index < -0.39 is 12.4 Å². The van der Waals surface area contributed by atoms with Gasteiger partial charge in [0, 0.05) is 19.8 Å². The largest absolute Gasteiger partial charge is 0.463 e. The molecule has 1 fully saturated rings. The van der Waals surface area contributed by atoms with E-state index >= 15 is 0 Å². The molecular weight excluding hydrogens is 366 g/mol. The highest BCUT2D eigenvalue weighted by Gasteiger charge is 2.36. The molecule has 1 aromatic heterocycles. The Morgan fingerprint density at radius 2 is 2.43 bits per heavy atom. The summed E-state index contributed by atoms with van der Waals surface area (Å²) < 4.78 is 11.3. The van der Waals surface area contributed by atoms with Gasteiger partial charge in [-0.15, -0.1) is 0 Å². The fourth-order valence-corrected chi connectivity index (χ4v) is 2.97. The molecule has 0 amide bonds. The molecule has 120 valence electrons. The predicted octanol–water partition coefficient (Wildman–Crippen LogP) is 1.15. The van der Waals surface area contributed by atoms with Crippen LogP contribution in [0, 0.1) is 24.2 Å². The number of aliphatic imine (C=N–C) groups is 1. The molecule has 0 unspecified atom stereocenters. The van der Waals surface area contributed by atoms with E-state index in [9.17, 15) is 10.1 Å². The van der Waals surface area contributed by atoms with Crippen LogP contribution in [0.5, 0.6) is 0 Å². The molecular formula is C14H14BrN5O3. The van der Waals surface area contributed by atoms with Gasteiger partial charge in [0.1, 0.15) is 35.5 Å². The fraction of sp³-hybridized carbons (Fsp3) is 0.357. The van der Waals surface area contributed by atoms with Gasteiger partial charge in [0.15, 0.2) is 0 Å². The van der Waals surface area contributed by atoms with Gasteiger partial charge in [0.2, 0.25) is 0 Å². The second-order valence-corrected chi connectivity index (χ2v) is 5.85. The fourth-order valence-electron chi connectivity index (χ4n) is 2.48. The van der Waals surface area contributed by atoms with Crippen molar-refractivity contribution in [2.45, 2.75) is 25.4 Å². The molecule has 1 saturated heterocycles. The smallest absolute Gasteiger partial charge is 0.302 e. The van der Waals surface area contributed by atoms with Crippen LogP contribution in [0.1, 0.15) is 24.2 Å². The molecule has 0 saturated carbocycles. The second-order valence-electron chi connectivity index (χ2n) is 5.06. The van der Waals surface area contributed by atoms with Gasteiger partial charge >= 0.3 is 5.97 Å². The first-order valence-electron chi connectivity index (χ1n) is 6.87. The number of halogens is 1. The molecule has 9 heteroatoms. The summed E-state index contributed by atoms with van der Waals surface area (Å²) in [6.45, 7) is 1.50. The van der Waals surface area contributed by atoms with Crippen LogP contribution in [0.4, 0.5) is 5.82 Å². The number of hydrogen-bond donors (Lipinski definition) is 2. The number of aromatic nitrogens is 1. The Balaban J connectivity index is 1.79. The third kappa shape index (κ3) is 2.97. The lowest BCUT2D eigenvalue weighted by Gasteiger charge is -2.30. The predicted molar refractivity (Wildman–Crippen MR) is 85.0 cm³/mol. The number of rotatable bonds is 3. The van der Waals surface area contributed by atoms with E-state index in [-0.39, 0.29) is 18.7 Å². The number of H-pyrrole nitrogens is 1. The van der Waals surface area contributed by atoms with Crippen molar-refractivity contribution in [1.82, 2.24) is 4.98 Å². The molecule has 3 atom stereocenters. The maximum Gasteiger partial charge on any atom is 0.302 e. The van der Waals surface area contributed by atoms with Gasteiger partial charge < -0.3 is 20.2 Å². The number of anilines is 1. The van der Waals surface area contributed by atoms with Gasteiger partial charge in [-0.1, -0.05) is 0 Å². The minimum absolute atomic E-state index is 0.150. The van der Waals surface area contributed by atoms with Crippen molar-refractivity contribution in [3.63, 3.8) is 0 Å². The first-order chi connectivity index (χ1) is 11.0. The normalized spacial score (nSPS) is 26.0. The lowest BCUT2D eigenvalue weighted by molar-refractivity contribution is -0.144. The van der Waals surface area contributed by atoms with Crippen molar-refractivity contribution in [1.29, 1.82) is 5.26 Å². The van der Waals surface area contributed by atoms with Gasteiger partial charge in [-0.3, -0.25) is 14.7 Å². The molecule has 1 aromatic rings. The van der Waals surface area contributed by atoms with E-state index in [2.05, 4.69) is 32.0 Å². The zero-order valence-corrected chi connectivity index (χ0v) is 13.8. The summed E-state index contributed by atoms with van der Waals surface area (Å²) in [5.74, 6) is 0.295. The van der Waals surface area contributed by atoms with Gasteiger partial charge in [-0.05, 0) is 15.9 Å². The molecule has 0 bridgehead atoms. The highest BCUT2D eigenvalue weighted by Crippen LogP contribution is 2.38. The number of nitrogens with two attached hydrogens (primary N) is 1. The van der Waals surface area contributed by atoms with E-state index in [0.29, 0.717) is 21.5 Å². The van der Waals surface area contributed by atoms with Crippen LogP contribution < -0.4 is 10.6 Å². The maximum atomic E-state index is 10.9. The van der Waals surface area contributed by atoms with Crippen LogP contribution in [0.15, 0.2) is 9.60 Å². The number of fused-ring (bicyclic) bond motifs is 1. The summed E-state index contributed by atoms with van der Waals surface area (Å²) in [5.41, 5.74) is 7.01. The van der Waals surface area contributed by atoms with Crippen molar-refractivity contribution >= 4 is 34.1 Å². The highest BCUT2D eigenvalue weighted by molar-refractivity contribution is 9.10. The summed E-state index contributed by atoms with van der Waals surface area (Å²) >= 11 is 3.32. The average Bonchev–Trinajstić information content (AvgIpc) is 3.10. The van der Waals surface area contributed by atoms with Crippen molar-refractivity contribution in [2.24, 2.45) is 10.7 Å². The number of nitrogens with one attached hydrogen (secondary N) is 1. The van der Waals surface area contributed by atoms with E-state index in [1.807, 2.05) is 12.8 Å². The Kier molecular flexibility index (Phi) is 4.39. The Hall–Kier alpha value is -1.89. The van der Waals surface area contributed by atoms with Crippen molar-refractivity contribution in [3.05, 3.63) is 28.6 Å². The lowest BCUT2D eigenvalue weighted by Crippen LogP contribution is -2.38. The maximum absolute atomic E-state index is 10.9. The zero-order chi connectivity index (χ0) is 16.6. The summed E-state index contributed by atoms with van der Waals surface area (Å²) in [6.07, 6.45) is 3.86. The number of hydrogen-bond acceptors (Lipinski definition) is 7. The van der Waals surface area contributed by atoms with Crippen LogP contribution in [-0.4, -0.2) is 36.2 Å². The molecule has 2 aliphatic rings. The summed E-state index contributed by atoms with van der Waals surface area (Å²) in [4.78, 5) is 19.9. The van der Waals surface area contributed by atoms with Gasteiger partial charge in [0.25, 0.3) is 0 Å². The molecule has 8 nitrogen and oxygen atoms in total. The Morgan fingerprint density at radius 1 is 1.65 bits per heavy atom. The minimum Gasteiger partial charge on any atom is -0.463 e. The molecule has 0 aliphatic carbocycles. The third-order valence-electron chi connectivity index (χ3n) is 3.52. The van der Waals surface area contributed by atoms with Crippen LogP contribution in [0.25, 0.3) is 0 Å². The van der Waals surface area contributed by atoms with E-state index in [4.69, 9.17) is 15.2 Å². The van der Waals surface area contributed by atoms with Crippen molar-refractivity contribution in [2.75, 3.05) is 11.5 Å². The number of nitriles is 1.